The fraction of sp³-hybridized carbons (Fsp3) is 0.125. The Labute approximate surface area is 152 Å². The minimum absolute atomic E-state index is 0.0529. The van der Waals surface area contributed by atoms with Crippen molar-refractivity contribution >= 4 is 28.7 Å². The van der Waals surface area contributed by atoms with Gasteiger partial charge >= 0.3 is 12.1 Å². The van der Waals surface area contributed by atoms with Gasteiger partial charge in [-0.05, 0) is 24.3 Å². The van der Waals surface area contributed by atoms with Crippen LogP contribution in [0.15, 0.2) is 47.4 Å². The molecule has 0 spiro atoms. The molecule has 2 rings (SSSR count). The lowest BCUT2D eigenvalue weighted by atomic mass is 10.2. The first kappa shape index (κ1) is 20.2. The molecule has 7 nitrogen and oxygen atoms in total. The second-order valence-electron chi connectivity index (χ2n) is 5.06. The van der Waals surface area contributed by atoms with Crippen molar-refractivity contribution in [3.8, 4) is 5.75 Å². The third-order valence-electron chi connectivity index (χ3n) is 3.25. The molecule has 0 amide bonds. The maximum atomic E-state index is 12.7. The van der Waals surface area contributed by atoms with Crippen molar-refractivity contribution < 1.29 is 36.6 Å². The van der Waals surface area contributed by atoms with Crippen LogP contribution in [-0.4, -0.2) is 27.1 Å². The monoisotopic (exact) mass is 401 g/mol. The summed E-state index contributed by atoms with van der Waals surface area (Å²) in [5.74, 6) is -2.02. The number of aldehydes is 1. The summed E-state index contributed by atoms with van der Waals surface area (Å²) < 4.78 is 55.2. The van der Waals surface area contributed by atoms with E-state index in [4.69, 9.17) is 4.74 Å². The quantitative estimate of drug-likeness (QED) is 0.242. The van der Waals surface area contributed by atoms with Gasteiger partial charge in [-0.3, -0.25) is 23.9 Å². The summed E-state index contributed by atoms with van der Waals surface area (Å²) in [4.78, 5) is 32.1. The largest absolute Gasteiger partial charge is 0.425 e. The van der Waals surface area contributed by atoms with Gasteiger partial charge in [0.15, 0.2) is 6.29 Å². The standard InChI is InChI=1S/C16H10F3NO6S/c17-16(18,19)11-5-6-14(12(7-11)20(23)24)27(25)9-15(22)26-13-4-2-1-3-10(13)8-21/h1-8H,9H2. The van der Waals surface area contributed by atoms with Crippen LogP contribution >= 0.6 is 0 Å². The Balaban J connectivity index is 2.23. The highest BCUT2D eigenvalue weighted by Crippen LogP contribution is 2.34. The first-order chi connectivity index (χ1) is 12.6. The zero-order valence-corrected chi connectivity index (χ0v) is 14.1. The second-order valence-corrected chi connectivity index (χ2v) is 6.48. The first-order valence-electron chi connectivity index (χ1n) is 7.12. The average molecular weight is 401 g/mol. The van der Waals surface area contributed by atoms with Gasteiger partial charge in [0.05, 0.1) is 26.8 Å². The van der Waals surface area contributed by atoms with E-state index in [1.807, 2.05) is 0 Å². The van der Waals surface area contributed by atoms with E-state index < -0.39 is 49.8 Å². The summed E-state index contributed by atoms with van der Waals surface area (Å²) in [7, 11) is -2.33. The maximum Gasteiger partial charge on any atom is 0.416 e. The minimum atomic E-state index is -4.82. The lowest BCUT2D eigenvalue weighted by Gasteiger charge is -2.09. The number of carbonyl (C=O) groups is 2. The molecular formula is C16H10F3NO6S. The van der Waals surface area contributed by atoms with Crippen molar-refractivity contribution in [2.24, 2.45) is 0 Å². The highest BCUT2D eigenvalue weighted by molar-refractivity contribution is 7.85. The van der Waals surface area contributed by atoms with Gasteiger partial charge < -0.3 is 4.74 Å². The Kier molecular flexibility index (Phi) is 6.05. The Morgan fingerprint density at radius 3 is 2.48 bits per heavy atom. The Bertz CT molecular complexity index is 929. The molecule has 0 aromatic heterocycles. The molecule has 0 N–H and O–H groups in total. The molecule has 1 atom stereocenters. The molecule has 0 aliphatic heterocycles. The fourth-order valence-corrected chi connectivity index (χ4v) is 3.05. The number of ether oxygens (including phenoxy) is 1. The SMILES string of the molecule is O=Cc1ccccc1OC(=O)CS(=O)c1ccc(C(F)(F)F)cc1[N+](=O)[O-]. The van der Waals surface area contributed by atoms with Gasteiger partial charge in [-0.1, -0.05) is 12.1 Å². The molecule has 0 saturated carbocycles. The number of hydrogen-bond donors (Lipinski definition) is 0. The topological polar surface area (TPSA) is 104 Å². The smallest absolute Gasteiger partial charge is 0.416 e. The Morgan fingerprint density at radius 1 is 1.22 bits per heavy atom. The molecule has 2 aromatic carbocycles. The molecule has 27 heavy (non-hydrogen) atoms. The van der Waals surface area contributed by atoms with Gasteiger partial charge in [0.1, 0.15) is 16.4 Å². The van der Waals surface area contributed by atoms with E-state index in [-0.39, 0.29) is 17.4 Å². The van der Waals surface area contributed by atoms with Crippen molar-refractivity contribution in [2.45, 2.75) is 11.1 Å². The molecule has 0 aliphatic rings. The van der Waals surface area contributed by atoms with Crippen molar-refractivity contribution in [3.05, 3.63) is 63.7 Å². The maximum absolute atomic E-state index is 12.7. The van der Waals surface area contributed by atoms with Gasteiger partial charge in [0, 0.05) is 6.07 Å². The van der Waals surface area contributed by atoms with Gasteiger partial charge in [0.2, 0.25) is 0 Å². The number of carbonyl (C=O) groups excluding carboxylic acids is 2. The third-order valence-corrected chi connectivity index (χ3v) is 4.58. The zero-order valence-electron chi connectivity index (χ0n) is 13.3. The van der Waals surface area contributed by atoms with Crippen LogP contribution in [0.25, 0.3) is 0 Å². The molecule has 2 aromatic rings. The van der Waals surface area contributed by atoms with Crippen LogP contribution in [-0.2, 0) is 21.8 Å². The summed E-state index contributed by atoms with van der Waals surface area (Å²) >= 11 is 0. The highest BCUT2D eigenvalue weighted by Gasteiger charge is 2.34. The molecule has 1 unspecified atom stereocenters. The first-order valence-corrected chi connectivity index (χ1v) is 8.44. The van der Waals surface area contributed by atoms with E-state index in [2.05, 4.69) is 0 Å². The van der Waals surface area contributed by atoms with E-state index >= 15 is 0 Å². The number of hydrogen-bond acceptors (Lipinski definition) is 6. The lowest BCUT2D eigenvalue weighted by Crippen LogP contribution is -2.18. The molecule has 0 aliphatic carbocycles. The van der Waals surface area contributed by atoms with Crippen molar-refractivity contribution in [3.63, 3.8) is 0 Å². The Morgan fingerprint density at radius 2 is 1.89 bits per heavy atom. The molecule has 0 fully saturated rings. The third kappa shape index (κ3) is 4.97. The van der Waals surface area contributed by atoms with Gasteiger partial charge in [0.25, 0.3) is 5.69 Å². The van der Waals surface area contributed by atoms with E-state index in [0.29, 0.717) is 18.4 Å². The van der Waals surface area contributed by atoms with Crippen LogP contribution < -0.4 is 4.74 Å². The molecule has 142 valence electrons. The van der Waals surface area contributed by atoms with Crippen molar-refractivity contribution in [1.29, 1.82) is 0 Å². The van der Waals surface area contributed by atoms with E-state index in [9.17, 15) is 37.1 Å². The number of nitro groups is 1. The number of esters is 1. The van der Waals surface area contributed by atoms with Crippen LogP contribution in [0, 0.1) is 10.1 Å². The van der Waals surface area contributed by atoms with Crippen molar-refractivity contribution in [1.82, 2.24) is 0 Å². The molecule has 11 heteroatoms. The molecular weight excluding hydrogens is 391 g/mol. The van der Waals surface area contributed by atoms with Gasteiger partial charge in [-0.2, -0.15) is 13.2 Å². The normalized spacial score (nSPS) is 12.3. The number of halogens is 3. The summed E-state index contributed by atoms with van der Waals surface area (Å²) in [6.07, 6.45) is -4.39. The number of alkyl halides is 3. The van der Waals surface area contributed by atoms with Crippen LogP contribution in [0.4, 0.5) is 18.9 Å². The van der Waals surface area contributed by atoms with Crippen LogP contribution in [0.5, 0.6) is 5.75 Å². The second kappa shape index (κ2) is 8.08. The summed E-state index contributed by atoms with van der Waals surface area (Å²) in [5.41, 5.74) is -2.25. The number of benzene rings is 2. The molecule has 0 saturated heterocycles. The van der Waals surface area contributed by atoms with E-state index in [0.717, 1.165) is 0 Å². The van der Waals surface area contributed by atoms with E-state index in [1.54, 1.807) is 0 Å². The van der Waals surface area contributed by atoms with Crippen LogP contribution in [0.3, 0.4) is 0 Å². The zero-order chi connectivity index (χ0) is 20.2. The number of nitrogens with zero attached hydrogens (tertiary/aromatic N) is 1. The van der Waals surface area contributed by atoms with Crippen molar-refractivity contribution in [2.75, 3.05) is 5.75 Å². The minimum Gasteiger partial charge on any atom is -0.425 e. The summed E-state index contributed by atoms with van der Waals surface area (Å²) in [5, 5.41) is 11.0. The van der Waals surface area contributed by atoms with E-state index in [1.165, 1.54) is 24.3 Å². The predicted molar refractivity (Wildman–Crippen MR) is 86.8 cm³/mol. The molecule has 0 bridgehead atoms. The molecule has 0 heterocycles. The predicted octanol–water partition coefficient (Wildman–Crippen LogP) is 3.14. The number of nitro benzene ring substituents is 1. The fourth-order valence-electron chi connectivity index (χ4n) is 2.04. The van der Waals surface area contributed by atoms with Crippen LogP contribution in [0.1, 0.15) is 15.9 Å². The number of rotatable bonds is 6. The highest BCUT2D eigenvalue weighted by atomic mass is 32.2. The summed E-state index contributed by atoms with van der Waals surface area (Å²) in [6.45, 7) is 0. The van der Waals surface area contributed by atoms with Gasteiger partial charge in [-0.15, -0.1) is 0 Å². The lowest BCUT2D eigenvalue weighted by molar-refractivity contribution is -0.388. The van der Waals surface area contributed by atoms with Gasteiger partial charge in [-0.25, -0.2) is 0 Å². The average Bonchev–Trinajstić information content (AvgIpc) is 2.60. The molecule has 0 radical (unpaired) electrons. The van der Waals surface area contributed by atoms with Crippen LogP contribution in [0.2, 0.25) is 0 Å². The number of para-hydroxylation sites is 1. The summed E-state index contributed by atoms with van der Waals surface area (Å²) in [6, 6.07) is 7.15. The Hall–Kier alpha value is -3.08.